The number of carbonyl (C=O) groups is 2. The van der Waals surface area contributed by atoms with E-state index in [9.17, 15) is 9.59 Å². The molecule has 1 aromatic rings. The van der Waals surface area contributed by atoms with Crippen molar-refractivity contribution in [1.29, 1.82) is 0 Å². The van der Waals surface area contributed by atoms with Crippen LogP contribution >= 0.6 is 0 Å². The van der Waals surface area contributed by atoms with Crippen molar-refractivity contribution in [3.05, 3.63) is 36.9 Å². The van der Waals surface area contributed by atoms with Crippen LogP contribution in [-0.4, -0.2) is 41.7 Å². The molecule has 6 nitrogen and oxygen atoms in total. The molecule has 0 aliphatic heterocycles. The number of hydrogen-bond acceptors (Lipinski definition) is 3. The molecule has 2 N–H and O–H groups in total. The lowest BCUT2D eigenvalue weighted by Gasteiger charge is -2.19. The minimum Gasteiger partial charge on any atom is -0.494 e. The molecule has 20 heavy (non-hydrogen) atoms. The molecular weight excluding hydrogens is 260 g/mol. The van der Waals surface area contributed by atoms with Crippen molar-refractivity contribution >= 4 is 17.7 Å². The van der Waals surface area contributed by atoms with Gasteiger partial charge in [-0.05, 0) is 31.2 Å². The molecule has 0 atom stereocenters. The number of rotatable bonds is 7. The highest BCUT2D eigenvalue weighted by atomic mass is 16.5. The maximum Gasteiger partial charge on any atom is 0.323 e. The monoisotopic (exact) mass is 278 g/mol. The first-order chi connectivity index (χ1) is 9.56. The molecule has 0 aromatic heterocycles. The zero-order chi connectivity index (χ0) is 15.0. The molecular formula is C14H18N2O4. The summed E-state index contributed by atoms with van der Waals surface area (Å²) in [7, 11) is 0. The third-order valence-corrected chi connectivity index (χ3v) is 2.38. The second-order valence-corrected chi connectivity index (χ2v) is 3.95. The van der Waals surface area contributed by atoms with Crippen LogP contribution in [0.25, 0.3) is 0 Å². The molecule has 1 rings (SSSR count). The summed E-state index contributed by atoms with van der Waals surface area (Å²) >= 11 is 0. The summed E-state index contributed by atoms with van der Waals surface area (Å²) in [6.07, 6.45) is 1.47. The van der Waals surface area contributed by atoms with Crippen LogP contribution in [0.1, 0.15) is 6.92 Å². The van der Waals surface area contributed by atoms with Gasteiger partial charge in [0, 0.05) is 12.2 Å². The Balaban J connectivity index is 2.66. The van der Waals surface area contributed by atoms with Gasteiger partial charge in [0.2, 0.25) is 0 Å². The van der Waals surface area contributed by atoms with Gasteiger partial charge >= 0.3 is 12.0 Å². The number of carboxylic acid groups (broad SMARTS) is 1. The van der Waals surface area contributed by atoms with Gasteiger partial charge in [-0.15, -0.1) is 6.58 Å². The Hall–Kier alpha value is -2.50. The number of hydrogen-bond donors (Lipinski definition) is 2. The van der Waals surface area contributed by atoms with E-state index in [0.29, 0.717) is 18.0 Å². The van der Waals surface area contributed by atoms with Crippen LogP contribution in [0.4, 0.5) is 10.5 Å². The standard InChI is InChI=1S/C14H18N2O4/c1-3-9-16(10-13(17)18)14(19)15-11-5-7-12(8-6-11)20-4-2/h3,5-8H,1,4,9-10H2,2H3,(H,15,19)(H,17,18). The minimum absolute atomic E-state index is 0.162. The normalized spacial score (nSPS) is 9.65. The number of urea groups is 1. The van der Waals surface area contributed by atoms with Crippen molar-refractivity contribution in [2.45, 2.75) is 6.92 Å². The fraction of sp³-hybridized carbons (Fsp3) is 0.286. The van der Waals surface area contributed by atoms with Gasteiger partial charge in [0.1, 0.15) is 12.3 Å². The molecule has 108 valence electrons. The van der Waals surface area contributed by atoms with Crippen LogP contribution in [0.2, 0.25) is 0 Å². The molecule has 0 unspecified atom stereocenters. The summed E-state index contributed by atoms with van der Waals surface area (Å²) in [6.45, 7) is 5.73. The van der Waals surface area contributed by atoms with Crippen LogP contribution < -0.4 is 10.1 Å². The summed E-state index contributed by atoms with van der Waals surface area (Å²) in [4.78, 5) is 23.8. The number of benzene rings is 1. The Morgan fingerprint density at radius 1 is 1.40 bits per heavy atom. The quantitative estimate of drug-likeness (QED) is 0.749. The SMILES string of the molecule is C=CCN(CC(=O)O)C(=O)Nc1ccc(OCC)cc1. The number of nitrogens with zero attached hydrogens (tertiary/aromatic N) is 1. The first-order valence-corrected chi connectivity index (χ1v) is 6.18. The molecule has 1 aromatic carbocycles. The predicted molar refractivity (Wildman–Crippen MR) is 76.0 cm³/mol. The number of carboxylic acids is 1. The number of carbonyl (C=O) groups excluding carboxylic acids is 1. The molecule has 0 bridgehead atoms. The third-order valence-electron chi connectivity index (χ3n) is 2.38. The molecule has 0 aliphatic carbocycles. The van der Waals surface area contributed by atoms with Crippen LogP contribution in [0.15, 0.2) is 36.9 Å². The van der Waals surface area contributed by atoms with Gasteiger partial charge in [-0.3, -0.25) is 4.79 Å². The van der Waals surface area contributed by atoms with Gasteiger partial charge in [0.15, 0.2) is 0 Å². The van der Waals surface area contributed by atoms with Crippen molar-refractivity contribution in [2.24, 2.45) is 0 Å². The molecule has 0 radical (unpaired) electrons. The van der Waals surface area contributed by atoms with Crippen molar-refractivity contribution in [3.63, 3.8) is 0 Å². The van der Waals surface area contributed by atoms with Gasteiger partial charge in [-0.1, -0.05) is 6.08 Å². The van der Waals surface area contributed by atoms with Crippen molar-refractivity contribution in [1.82, 2.24) is 4.90 Å². The first-order valence-electron chi connectivity index (χ1n) is 6.18. The largest absolute Gasteiger partial charge is 0.494 e. The van der Waals surface area contributed by atoms with E-state index in [4.69, 9.17) is 9.84 Å². The number of nitrogens with one attached hydrogen (secondary N) is 1. The fourth-order valence-corrected chi connectivity index (χ4v) is 1.54. The van der Waals surface area contributed by atoms with Crippen LogP contribution in [0, 0.1) is 0 Å². The Morgan fingerprint density at radius 2 is 2.05 bits per heavy atom. The Bertz CT molecular complexity index is 471. The van der Waals surface area contributed by atoms with E-state index in [-0.39, 0.29) is 13.1 Å². The number of anilines is 1. The molecule has 2 amide bonds. The van der Waals surface area contributed by atoms with Crippen LogP contribution in [-0.2, 0) is 4.79 Å². The van der Waals surface area contributed by atoms with Crippen LogP contribution in [0.3, 0.4) is 0 Å². The predicted octanol–water partition coefficient (Wildman–Crippen LogP) is 2.19. The van der Waals surface area contributed by atoms with Gasteiger partial charge < -0.3 is 20.1 Å². The Kier molecular flexibility index (Phi) is 6.09. The Morgan fingerprint density at radius 3 is 2.55 bits per heavy atom. The van der Waals surface area contributed by atoms with E-state index in [0.717, 1.165) is 4.90 Å². The highest BCUT2D eigenvalue weighted by Crippen LogP contribution is 2.16. The lowest BCUT2D eigenvalue weighted by Crippen LogP contribution is -2.38. The Labute approximate surface area is 117 Å². The number of aliphatic carboxylic acids is 1. The molecule has 0 spiro atoms. The number of ether oxygens (including phenoxy) is 1. The smallest absolute Gasteiger partial charge is 0.323 e. The number of amides is 2. The second kappa shape index (κ2) is 7.83. The van der Waals surface area contributed by atoms with Gasteiger partial charge in [0.05, 0.1) is 6.61 Å². The van der Waals surface area contributed by atoms with E-state index in [2.05, 4.69) is 11.9 Å². The average Bonchev–Trinajstić information content (AvgIpc) is 2.40. The summed E-state index contributed by atoms with van der Waals surface area (Å²) < 4.78 is 5.29. The van der Waals surface area contributed by atoms with E-state index >= 15 is 0 Å². The highest BCUT2D eigenvalue weighted by Gasteiger charge is 2.15. The van der Waals surface area contributed by atoms with Crippen molar-refractivity contribution in [2.75, 3.05) is 25.0 Å². The lowest BCUT2D eigenvalue weighted by molar-refractivity contribution is -0.137. The van der Waals surface area contributed by atoms with E-state index in [1.54, 1.807) is 24.3 Å². The molecule has 0 saturated carbocycles. The van der Waals surface area contributed by atoms with Crippen molar-refractivity contribution in [3.8, 4) is 5.75 Å². The van der Waals surface area contributed by atoms with Gasteiger partial charge in [0.25, 0.3) is 0 Å². The summed E-state index contributed by atoms with van der Waals surface area (Å²) in [5, 5.41) is 11.4. The summed E-state index contributed by atoms with van der Waals surface area (Å²) in [5.41, 5.74) is 0.568. The minimum atomic E-state index is -1.08. The van der Waals surface area contributed by atoms with Gasteiger partial charge in [-0.2, -0.15) is 0 Å². The zero-order valence-electron chi connectivity index (χ0n) is 11.3. The van der Waals surface area contributed by atoms with E-state index < -0.39 is 12.0 Å². The van der Waals surface area contributed by atoms with E-state index in [1.165, 1.54) is 6.08 Å². The third kappa shape index (κ3) is 5.01. The molecule has 0 heterocycles. The fourth-order valence-electron chi connectivity index (χ4n) is 1.54. The lowest BCUT2D eigenvalue weighted by atomic mass is 10.3. The topological polar surface area (TPSA) is 78.9 Å². The van der Waals surface area contributed by atoms with Crippen LogP contribution in [0.5, 0.6) is 5.75 Å². The summed E-state index contributed by atoms with van der Waals surface area (Å²) in [5.74, 6) is -0.368. The van der Waals surface area contributed by atoms with E-state index in [1.807, 2.05) is 6.92 Å². The summed E-state index contributed by atoms with van der Waals surface area (Å²) in [6, 6.07) is 6.35. The highest BCUT2D eigenvalue weighted by molar-refractivity contribution is 5.91. The molecule has 0 saturated heterocycles. The molecule has 0 aliphatic rings. The van der Waals surface area contributed by atoms with Crippen molar-refractivity contribution < 1.29 is 19.4 Å². The second-order valence-electron chi connectivity index (χ2n) is 3.95. The maximum absolute atomic E-state index is 11.9. The molecule has 0 fully saturated rings. The maximum atomic E-state index is 11.9. The van der Waals surface area contributed by atoms with Gasteiger partial charge in [-0.25, -0.2) is 4.79 Å². The zero-order valence-corrected chi connectivity index (χ0v) is 11.3. The first kappa shape index (κ1) is 15.6. The molecule has 6 heteroatoms. The average molecular weight is 278 g/mol.